The van der Waals surface area contributed by atoms with E-state index in [-0.39, 0.29) is 12.5 Å². The highest BCUT2D eigenvalue weighted by molar-refractivity contribution is 6.30. The molecule has 1 aromatic rings. The quantitative estimate of drug-likeness (QED) is 0.780. The molecule has 0 heterocycles. The van der Waals surface area contributed by atoms with Crippen molar-refractivity contribution in [2.75, 3.05) is 26.8 Å². The number of carbonyl (C=O) groups is 1. The summed E-state index contributed by atoms with van der Waals surface area (Å²) < 4.78 is 5.09. The van der Waals surface area contributed by atoms with Crippen molar-refractivity contribution in [2.24, 2.45) is 5.73 Å². The molecule has 0 aliphatic heterocycles. The van der Waals surface area contributed by atoms with E-state index in [0.29, 0.717) is 24.7 Å². The summed E-state index contributed by atoms with van der Waals surface area (Å²) in [5, 5.41) is 0.689. The van der Waals surface area contributed by atoms with Crippen LogP contribution in [-0.4, -0.2) is 37.6 Å². The summed E-state index contributed by atoms with van der Waals surface area (Å²) in [7, 11) is 1.74. The van der Waals surface area contributed by atoms with Crippen molar-refractivity contribution in [2.45, 2.75) is 6.54 Å². The Morgan fingerprint density at radius 1 is 1.41 bits per heavy atom. The number of carbonyl (C=O) groups excluding carboxylic acids is 1. The molecule has 0 unspecified atom stereocenters. The molecule has 0 aromatic heterocycles. The summed E-state index contributed by atoms with van der Waals surface area (Å²) in [6, 6.07) is 7.40. The Bertz CT molecular complexity index is 354. The first-order chi connectivity index (χ1) is 8.13. The van der Waals surface area contributed by atoms with Crippen LogP contribution >= 0.6 is 11.6 Å². The molecule has 1 aromatic carbocycles. The topological polar surface area (TPSA) is 55.6 Å². The summed E-state index contributed by atoms with van der Waals surface area (Å²) in [6.45, 7) is 1.44. The highest BCUT2D eigenvalue weighted by Gasteiger charge is 2.08. The molecule has 0 saturated carbocycles. The molecule has 0 saturated heterocycles. The summed E-state index contributed by atoms with van der Waals surface area (Å²) in [4.78, 5) is 13.2. The Hall–Kier alpha value is -1.10. The summed E-state index contributed by atoms with van der Waals surface area (Å²) >= 11 is 5.78. The smallest absolute Gasteiger partial charge is 0.248 e. The average molecular weight is 257 g/mol. The fraction of sp³-hybridized carbons (Fsp3) is 0.417. The molecule has 4 nitrogen and oxygen atoms in total. The van der Waals surface area contributed by atoms with Gasteiger partial charge in [0.25, 0.3) is 0 Å². The van der Waals surface area contributed by atoms with E-state index in [4.69, 9.17) is 22.1 Å². The van der Waals surface area contributed by atoms with E-state index in [1.54, 1.807) is 24.1 Å². The largest absolute Gasteiger partial charge is 0.370 e. The Morgan fingerprint density at radius 3 is 2.65 bits per heavy atom. The third kappa shape index (κ3) is 5.17. The molecule has 0 bridgehead atoms. The first-order valence-electron chi connectivity index (χ1n) is 5.39. The molecule has 0 aliphatic carbocycles. The number of ether oxygens (including phenoxy) is 1. The summed E-state index contributed by atoms with van der Waals surface area (Å²) in [6.07, 6.45) is 0. The van der Waals surface area contributed by atoms with Crippen molar-refractivity contribution in [1.82, 2.24) is 4.90 Å². The summed E-state index contributed by atoms with van der Waals surface area (Å²) in [5.41, 5.74) is 6.30. The van der Waals surface area contributed by atoms with Gasteiger partial charge in [0, 0.05) is 25.2 Å². The zero-order valence-electron chi connectivity index (χ0n) is 9.86. The normalized spacial score (nSPS) is 10.3. The zero-order valence-corrected chi connectivity index (χ0v) is 10.6. The van der Waals surface area contributed by atoms with Gasteiger partial charge in [-0.15, -0.1) is 0 Å². The van der Waals surface area contributed by atoms with Gasteiger partial charge in [-0.2, -0.15) is 0 Å². The minimum atomic E-state index is -0.0617. The van der Waals surface area contributed by atoms with Gasteiger partial charge in [-0.1, -0.05) is 23.7 Å². The Kier molecular flexibility index (Phi) is 5.97. The fourth-order valence-corrected chi connectivity index (χ4v) is 1.43. The molecule has 0 radical (unpaired) electrons. The third-order valence-corrected chi connectivity index (χ3v) is 2.50. The van der Waals surface area contributed by atoms with Crippen molar-refractivity contribution in [3.05, 3.63) is 34.9 Å². The molecular weight excluding hydrogens is 240 g/mol. The van der Waals surface area contributed by atoms with Crippen molar-refractivity contribution < 1.29 is 9.53 Å². The maximum atomic E-state index is 11.6. The van der Waals surface area contributed by atoms with Crippen molar-refractivity contribution in [3.63, 3.8) is 0 Å². The minimum absolute atomic E-state index is 0.0617. The number of nitrogens with zero attached hydrogens (tertiary/aromatic N) is 1. The number of hydrogen-bond acceptors (Lipinski definition) is 3. The number of benzene rings is 1. The molecule has 0 aliphatic rings. The van der Waals surface area contributed by atoms with Gasteiger partial charge in [0.1, 0.15) is 6.61 Å². The van der Waals surface area contributed by atoms with Crippen molar-refractivity contribution in [3.8, 4) is 0 Å². The van der Waals surface area contributed by atoms with Crippen LogP contribution in [0.4, 0.5) is 0 Å². The lowest BCUT2D eigenvalue weighted by atomic mass is 10.2. The summed E-state index contributed by atoms with van der Waals surface area (Å²) in [5.74, 6) is -0.0617. The highest BCUT2D eigenvalue weighted by atomic mass is 35.5. The molecular formula is C12H17ClN2O2. The van der Waals surface area contributed by atoms with Gasteiger partial charge in [0.05, 0.1) is 6.61 Å². The SMILES string of the molecule is CN(Cc1ccc(Cl)cc1)C(=O)COCCN. The molecule has 2 N–H and O–H groups in total. The Balaban J connectivity index is 2.40. The van der Waals surface area contributed by atoms with Crippen LogP contribution in [-0.2, 0) is 16.1 Å². The van der Waals surface area contributed by atoms with Gasteiger partial charge in [0.2, 0.25) is 5.91 Å². The molecule has 94 valence electrons. The number of rotatable bonds is 6. The van der Waals surface area contributed by atoms with E-state index in [1.807, 2.05) is 12.1 Å². The number of hydrogen-bond donors (Lipinski definition) is 1. The van der Waals surface area contributed by atoms with E-state index in [0.717, 1.165) is 5.56 Å². The van der Waals surface area contributed by atoms with Crippen molar-refractivity contribution >= 4 is 17.5 Å². The van der Waals surface area contributed by atoms with E-state index in [2.05, 4.69) is 0 Å². The van der Waals surface area contributed by atoms with E-state index in [1.165, 1.54) is 0 Å². The number of nitrogens with two attached hydrogens (primary N) is 1. The van der Waals surface area contributed by atoms with Crippen LogP contribution in [0.25, 0.3) is 0 Å². The maximum Gasteiger partial charge on any atom is 0.248 e. The Labute approximate surface area is 106 Å². The minimum Gasteiger partial charge on any atom is -0.370 e. The molecule has 0 spiro atoms. The zero-order chi connectivity index (χ0) is 12.7. The van der Waals surface area contributed by atoms with Crippen LogP contribution in [0.1, 0.15) is 5.56 Å². The second-order valence-corrected chi connectivity index (χ2v) is 4.15. The lowest BCUT2D eigenvalue weighted by Crippen LogP contribution is -2.30. The lowest BCUT2D eigenvalue weighted by molar-refractivity contribution is -0.135. The van der Waals surface area contributed by atoms with Gasteiger partial charge < -0.3 is 15.4 Å². The van der Waals surface area contributed by atoms with Gasteiger partial charge in [-0.05, 0) is 17.7 Å². The standard InChI is InChI=1S/C12H17ClN2O2/c1-15(12(16)9-17-7-6-14)8-10-2-4-11(13)5-3-10/h2-5H,6-9,14H2,1H3. The van der Waals surface area contributed by atoms with Crippen LogP contribution < -0.4 is 5.73 Å². The predicted molar refractivity (Wildman–Crippen MR) is 67.8 cm³/mol. The molecule has 1 amide bonds. The van der Waals surface area contributed by atoms with Gasteiger partial charge in [-0.25, -0.2) is 0 Å². The molecule has 17 heavy (non-hydrogen) atoms. The van der Waals surface area contributed by atoms with E-state index in [9.17, 15) is 4.79 Å². The number of likely N-dealkylation sites (N-methyl/N-ethyl adjacent to an activating group) is 1. The van der Waals surface area contributed by atoms with Crippen molar-refractivity contribution in [1.29, 1.82) is 0 Å². The first-order valence-corrected chi connectivity index (χ1v) is 5.77. The van der Waals surface area contributed by atoms with Crippen LogP contribution in [0.15, 0.2) is 24.3 Å². The third-order valence-electron chi connectivity index (χ3n) is 2.25. The monoisotopic (exact) mass is 256 g/mol. The Morgan fingerprint density at radius 2 is 2.06 bits per heavy atom. The maximum absolute atomic E-state index is 11.6. The second-order valence-electron chi connectivity index (χ2n) is 3.72. The molecule has 0 fully saturated rings. The van der Waals surface area contributed by atoms with Crippen LogP contribution in [0, 0.1) is 0 Å². The lowest BCUT2D eigenvalue weighted by Gasteiger charge is -2.17. The van der Waals surface area contributed by atoms with E-state index >= 15 is 0 Å². The fourth-order valence-electron chi connectivity index (χ4n) is 1.30. The van der Waals surface area contributed by atoms with Crippen LogP contribution in [0.2, 0.25) is 5.02 Å². The van der Waals surface area contributed by atoms with Crippen LogP contribution in [0.3, 0.4) is 0 Å². The average Bonchev–Trinajstić information content (AvgIpc) is 2.32. The first kappa shape index (κ1) is 14.0. The van der Waals surface area contributed by atoms with Gasteiger partial charge in [-0.3, -0.25) is 4.79 Å². The van der Waals surface area contributed by atoms with Gasteiger partial charge in [0.15, 0.2) is 0 Å². The number of halogens is 1. The predicted octanol–water partition coefficient (Wildman–Crippen LogP) is 1.27. The molecule has 5 heteroatoms. The number of amides is 1. The highest BCUT2D eigenvalue weighted by Crippen LogP contribution is 2.10. The molecule has 0 atom stereocenters. The molecule has 1 rings (SSSR count). The van der Waals surface area contributed by atoms with E-state index < -0.39 is 0 Å². The van der Waals surface area contributed by atoms with Crippen LogP contribution in [0.5, 0.6) is 0 Å². The van der Waals surface area contributed by atoms with Gasteiger partial charge >= 0.3 is 0 Å². The second kappa shape index (κ2) is 7.27.